The molecule has 0 aliphatic carbocycles. The van der Waals surface area contributed by atoms with E-state index in [0.717, 1.165) is 10.9 Å². The molecule has 0 aliphatic heterocycles. The van der Waals surface area contributed by atoms with Crippen LogP contribution in [0.25, 0.3) is 10.9 Å². The third-order valence-corrected chi connectivity index (χ3v) is 3.67. The van der Waals surface area contributed by atoms with Gasteiger partial charge < -0.3 is 13.9 Å². The fourth-order valence-electron chi connectivity index (χ4n) is 2.39. The lowest BCUT2D eigenvalue weighted by Crippen LogP contribution is -2.26. The number of fused-ring (bicyclic) bond motifs is 1. The molecule has 0 fully saturated rings. The second-order valence-electron chi connectivity index (χ2n) is 5.30. The number of aryl methyl sites for hydroxylation is 2. The van der Waals surface area contributed by atoms with Crippen molar-refractivity contribution in [1.29, 1.82) is 0 Å². The van der Waals surface area contributed by atoms with Crippen molar-refractivity contribution in [3.05, 3.63) is 47.8 Å². The van der Waals surface area contributed by atoms with E-state index in [2.05, 4.69) is 10.2 Å². The summed E-state index contributed by atoms with van der Waals surface area (Å²) < 4.78 is 7.44. The van der Waals surface area contributed by atoms with Gasteiger partial charge in [-0.25, -0.2) is 0 Å². The number of aromatic nitrogens is 3. The van der Waals surface area contributed by atoms with Crippen LogP contribution in [0, 0.1) is 0 Å². The summed E-state index contributed by atoms with van der Waals surface area (Å²) in [6.07, 6.45) is 2.67. The lowest BCUT2D eigenvalue weighted by Gasteiger charge is -2.15. The minimum absolute atomic E-state index is 0.0700. The van der Waals surface area contributed by atoms with E-state index in [9.17, 15) is 4.79 Å². The van der Waals surface area contributed by atoms with Gasteiger partial charge in [-0.3, -0.25) is 4.79 Å². The van der Waals surface area contributed by atoms with Crippen LogP contribution in [0.5, 0.6) is 0 Å². The number of carbonyl (C=O) groups excluding carboxylic acids is 1. The molecule has 0 saturated heterocycles. The van der Waals surface area contributed by atoms with E-state index in [-0.39, 0.29) is 5.91 Å². The van der Waals surface area contributed by atoms with Crippen LogP contribution in [0.3, 0.4) is 0 Å². The van der Waals surface area contributed by atoms with Crippen LogP contribution in [-0.2, 0) is 20.0 Å². The fourth-order valence-corrected chi connectivity index (χ4v) is 2.39. The highest BCUT2D eigenvalue weighted by atomic mass is 16.4. The van der Waals surface area contributed by atoms with Crippen molar-refractivity contribution in [3.63, 3.8) is 0 Å². The highest BCUT2D eigenvalue weighted by Gasteiger charge is 2.16. The zero-order valence-corrected chi connectivity index (χ0v) is 12.9. The predicted molar refractivity (Wildman–Crippen MR) is 82.4 cm³/mol. The summed E-state index contributed by atoms with van der Waals surface area (Å²) in [5, 5.41) is 8.97. The average Bonchev–Trinajstić information content (AvgIpc) is 3.13. The molecule has 22 heavy (non-hydrogen) atoms. The SMILES string of the molecule is CCc1nnc(CN(C)C(=O)c2ccc3ccn(C)c3c2)o1. The molecule has 114 valence electrons. The lowest BCUT2D eigenvalue weighted by molar-refractivity contribution is 0.0772. The third kappa shape index (κ3) is 2.59. The van der Waals surface area contributed by atoms with Gasteiger partial charge in [-0.05, 0) is 23.6 Å². The number of nitrogens with zero attached hydrogens (tertiary/aromatic N) is 4. The highest BCUT2D eigenvalue weighted by Crippen LogP contribution is 2.18. The summed E-state index contributed by atoms with van der Waals surface area (Å²) in [7, 11) is 3.69. The summed E-state index contributed by atoms with van der Waals surface area (Å²) in [6, 6.07) is 7.72. The van der Waals surface area contributed by atoms with Crippen LogP contribution in [0.4, 0.5) is 0 Å². The van der Waals surface area contributed by atoms with Crippen LogP contribution < -0.4 is 0 Å². The van der Waals surface area contributed by atoms with Gasteiger partial charge >= 0.3 is 0 Å². The van der Waals surface area contributed by atoms with Crippen molar-refractivity contribution < 1.29 is 9.21 Å². The summed E-state index contributed by atoms with van der Waals surface area (Å²) in [5.74, 6) is 0.966. The molecule has 6 heteroatoms. The molecule has 3 aromatic rings. The van der Waals surface area contributed by atoms with Crippen LogP contribution in [0.2, 0.25) is 0 Å². The maximum Gasteiger partial charge on any atom is 0.254 e. The molecular formula is C16H18N4O2. The van der Waals surface area contributed by atoms with Gasteiger partial charge in [-0.2, -0.15) is 0 Å². The van der Waals surface area contributed by atoms with Gasteiger partial charge in [0.2, 0.25) is 11.8 Å². The Morgan fingerprint density at radius 2 is 2.05 bits per heavy atom. The largest absolute Gasteiger partial charge is 0.423 e. The van der Waals surface area contributed by atoms with Crippen molar-refractivity contribution >= 4 is 16.8 Å². The van der Waals surface area contributed by atoms with Gasteiger partial charge in [0.05, 0.1) is 6.54 Å². The smallest absolute Gasteiger partial charge is 0.254 e. The molecule has 2 aromatic heterocycles. The molecule has 0 spiro atoms. The van der Waals surface area contributed by atoms with Gasteiger partial charge in [0.1, 0.15) is 0 Å². The van der Waals surface area contributed by atoms with Crippen molar-refractivity contribution in [2.24, 2.45) is 7.05 Å². The van der Waals surface area contributed by atoms with E-state index in [4.69, 9.17) is 4.42 Å². The molecule has 0 aliphatic rings. The van der Waals surface area contributed by atoms with E-state index in [1.54, 1.807) is 11.9 Å². The Kier molecular flexibility index (Phi) is 3.66. The van der Waals surface area contributed by atoms with Crippen molar-refractivity contribution in [2.75, 3.05) is 7.05 Å². The zero-order chi connectivity index (χ0) is 15.7. The standard InChI is InChI=1S/C16H18N4O2/c1-4-14-17-18-15(22-14)10-20(3)16(21)12-6-5-11-7-8-19(2)13(11)9-12/h5-9H,4,10H2,1-3H3. The van der Waals surface area contributed by atoms with Gasteiger partial charge in [0, 0.05) is 37.8 Å². The monoisotopic (exact) mass is 298 g/mol. The first kappa shape index (κ1) is 14.3. The predicted octanol–water partition coefficient (Wildman–Crippen LogP) is 2.40. The Hall–Kier alpha value is -2.63. The fraction of sp³-hybridized carbons (Fsp3) is 0.312. The van der Waals surface area contributed by atoms with Crippen LogP contribution >= 0.6 is 0 Å². The highest BCUT2D eigenvalue weighted by molar-refractivity contribution is 5.97. The summed E-state index contributed by atoms with van der Waals surface area (Å²) in [4.78, 5) is 14.1. The number of hydrogen-bond donors (Lipinski definition) is 0. The molecule has 0 saturated carbocycles. The first-order chi connectivity index (χ1) is 10.6. The Bertz CT molecular complexity index is 819. The molecule has 0 unspecified atom stereocenters. The van der Waals surface area contributed by atoms with Crippen LogP contribution in [0.1, 0.15) is 29.1 Å². The molecule has 3 rings (SSSR count). The molecule has 0 N–H and O–H groups in total. The Labute approximate surface area is 128 Å². The topological polar surface area (TPSA) is 64.2 Å². The molecule has 6 nitrogen and oxygen atoms in total. The number of carbonyl (C=O) groups is 1. The molecule has 1 aromatic carbocycles. The van der Waals surface area contributed by atoms with E-state index in [0.29, 0.717) is 30.3 Å². The second-order valence-corrected chi connectivity index (χ2v) is 5.30. The van der Waals surface area contributed by atoms with Crippen LogP contribution in [0.15, 0.2) is 34.9 Å². The average molecular weight is 298 g/mol. The summed E-state index contributed by atoms with van der Waals surface area (Å²) >= 11 is 0. The van der Waals surface area contributed by atoms with E-state index in [1.807, 2.05) is 49.0 Å². The summed E-state index contributed by atoms with van der Waals surface area (Å²) in [5.41, 5.74) is 1.68. The minimum Gasteiger partial charge on any atom is -0.423 e. The lowest BCUT2D eigenvalue weighted by atomic mass is 10.1. The quantitative estimate of drug-likeness (QED) is 0.742. The van der Waals surface area contributed by atoms with E-state index >= 15 is 0 Å². The van der Waals surface area contributed by atoms with Crippen LogP contribution in [-0.4, -0.2) is 32.6 Å². The Balaban J connectivity index is 1.80. The Morgan fingerprint density at radius 1 is 1.27 bits per heavy atom. The second kappa shape index (κ2) is 5.63. The van der Waals surface area contributed by atoms with E-state index in [1.165, 1.54) is 0 Å². The molecule has 2 heterocycles. The van der Waals surface area contributed by atoms with Gasteiger partial charge in [0.25, 0.3) is 5.91 Å². The molecule has 1 amide bonds. The third-order valence-electron chi connectivity index (χ3n) is 3.67. The molecule has 0 bridgehead atoms. The summed E-state index contributed by atoms with van der Waals surface area (Å²) in [6.45, 7) is 2.25. The van der Waals surface area contributed by atoms with Crippen molar-refractivity contribution in [2.45, 2.75) is 19.9 Å². The number of amides is 1. The normalized spacial score (nSPS) is 11.0. The molecule has 0 radical (unpaired) electrons. The molecule has 0 atom stereocenters. The van der Waals surface area contributed by atoms with E-state index < -0.39 is 0 Å². The maximum atomic E-state index is 12.5. The molecular weight excluding hydrogens is 280 g/mol. The van der Waals surface area contributed by atoms with Crippen molar-refractivity contribution in [1.82, 2.24) is 19.7 Å². The first-order valence-electron chi connectivity index (χ1n) is 7.20. The first-order valence-corrected chi connectivity index (χ1v) is 7.20. The minimum atomic E-state index is -0.0700. The Morgan fingerprint density at radius 3 is 2.77 bits per heavy atom. The van der Waals surface area contributed by atoms with Gasteiger partial charge in [-0.15, -0.1) is 10.2 Å². The number of rotatable bonds is 4. The number of hydrogen-bond acceptors (Lipinski definition) is 4. The van der Waals surface area contributed by atoms with Gasteiger partial charge in [-0.1, -0.05) is 13.0 Å². The van der Waals surface area contributed by atoms with Crippen molar-refractivity contribution in [3.8, 4) is 0 Å². The maximum absolute atomic E-state index is 12.5. The number of benzene rings is 1. The zero-order valence-electron chi connectivity index (χ0n) is 12.9. The van der Waals surface area contributed by atoms with Gasteiger partial charge in [0.15, 0.2) is 0 Å².